The van der Waals surface area contributed by atoms with Gasteiger partial charge in [0.15, 0.2) is 5.11 Å². The number of methoxy groups -OCH3 is 3. The molecule has 7 nitrogen and oxygen atoms in total. The molecule has 0 aliphatic carbocycles. The lowest BCUT2D eigenvalue weighted by Gasteiger charge is -2.14. The SMILES string of the molecule is COCC(=O)NNC(=S)Nc1ccc(OC)cc1OC. The van der Waals surface area contributed by atoms with Crippen LogP contribution >= 0.6 is 12.2 Å². The third kappa shape index (κ3) is 4.90. The Kier molecular flexibility index (Phi) is 6.54. The summed E-state index contributed by atoms with van der Waals surface area (Å²) in [7, 11) is 4.54. The molecule has 3 N–H and O–H groups in total. The number of hydrogen-bond acceptors (Lipinski definition) is 5. The van der Waals surface area contributed by atoms with E-state index < -0.39 is 0 Å². The standard InChI is InChI=1S/C12H17N3O4S/c1-17-7-11(16)14-15-12(20)13-9-5-4-8(18-2)6-10(9)19-3/h4-6H,7H2,1-3H3,(H,14,16)(H2,13,15,20). The van der Waals surface area contributed by atoms with E-state index in [0.717, 1.165) is 0 Å². The molecule has 110 valence electrons. The second-order valence-corrected chi connectivity index (χ2v) is 4.03. The fourth-order valence-electron chi connectivity index (χ4n) is 1.35. The largest absolute Gasteiger partial charge is 0.497 e. The van der Waals surface area contributed by atoms with E-state index in [1.165, 1.54) is 14.2 Å². The fraction of sp³-hybridized carbons (Fsp3) is 0.333. The normalized spacial score (nSPS) is 9.55. The van der Waals surface area contributed by atoms with Gasteiger partial charge in [0, 0.05) is 13.2 Å². The van der Waals surface area contributed by atoms with Crippen molar-refractivity contribution in [2.24, 2.45) is 0 Å². The van der Waals surface area contributed by atoms with Crippen LogP contribution in [-0.2, 0) is 9.53 Å². The predicted molar refractivity (Wildman–Crippen MR) is 78.9 cm³/mol. The summed E-state index contributed by atoms with van der Waals surface area (Å²) in [6.45, 7) is -0.0541. The summed E-state index contributed by atoms with van der Waals surface area (Å²) in [6, 6.07) is 5.23. The number of hydrogen-bond donors (Lipinski definition) is 3. The average Bonchev–Trinajstić information content (AvgIpc) is 2.46. The molecule has 1 amide bonds. The molecule has 0 saturated heterocycles. The molecule has 0 aromatic heterocycles. The molecule has 8 heteroatoms. The highest BCUT2D eigenvalue weighted by atomic mass is 32.1. The van der Waals surface area contributed by atoms with Gasteiger partial charge in [0.05, 0.1) is 19.9 Å². The van der Waals surface area contributed by atoms with Gasteiger partial charge in [0.25, 0.3) is 5.91 Å². The number of hydrazine groups is 1. The van der Waals surface area contributed by atoms with Gasteiger partial charge < -0.3 is 19.5 Å². The van der Waals surface area contributed by atoms with Gasteiger partial charge in [0.2, 0.25) is 0 Å². The molecule has 0 atom stereocenters. The van der Waals surface area contributed by atoms with Crippen LogP contribution in [0.4, 0.5) is 5.69 Å². The highest BCUT2D eigenvalue weighted by Gasteiger charge is 2.07. The van der Waals surface area contributed by atoms with Gasteiger partial charge in [-0.1, -0.05) is 0 Å². The molecule has 20 heavy (non-hydrogen) atoms. The molecule has 1 rings (SSSR count). The molecule has 0 aliphatic rings. The van der Waals surface area contributed by atoms with E-state index >= 15 is 0 Å². The lowest BCUT2D eigenvalue weighted by molar-refractivity contribution is -0.125. The number of carbonyl (C=O) groups excluding carboxylic acids is 1. The highest BCUT2D eigenvalue weighted by Crippen LogP contribution is 2.28. The monoisotopic (exact) mass is 299 g/mol. The topological polar surface area (TPSA) is 80.9 Å². The summed E-state index contributed by atoms with van der Waals surface area (Å²) in [6.07, 6.45) is 0. The van der Waals surface area contributed by atoms with Crippen LogP contribution in [0.2, 0.25) is 0 Å². The molecular formula is C12H17N3O4S. The molecule has 0 heterocycles. The van der Waals surface area contributed by atoms with Crippen LogP contribution in [0.1, 0.15) is 0 Å². The number of nitrogens with one attached hydrogen (secondary N) is 3. The minimum atomic E-state index is -0.335. The summed E-state index contributed by atoms with van der Waals surface area (Å²) in [5.74, 6) is 0.898. The average molecular weight is 299 g/mol. The number of ether oxygens (including phenoxy) is 3. The van der Waals surface area contributed by atoms with Crippen molar-refractivity contribution in [1.29, 1.82) is 0 Å². The first kappa shape index (κ1) is 16.0. The van der Waals surface area contributed by atoms with E-state index in [4.69, 9.17) is 21.7 Å². The van der Waals surface area contributed by atoms with E-state index in [-0.39, 0.29) is 17.6 Å². The minimum absolute atomic E-state index is 0.0541. The van der Waals surface area contributed by atoms with Gasteiger partial charge in [-0.2, -0.15) is 0 Å². The first-order valence-electron chi connectivity index (χ1n) is 5.67. The minimum Gasteiger partial charge on any atom is -0.497 e. The summed E-state index contributed by atoms with van der Waals surface area (Å²) in [4.78, 5) is 11.2. The van der Waals surface area contributed by atoms with Crippen molar-refractivity contribution in [2.75, 3.05) is 33.3 Å². The number of anilines is 1. The molecule has 0 saturated carbocycles. The van der Waals surface area contributed by atoms with Gasteiger partial charge in [-0.05, 0) is 24.4 Å². The zero-order chi connectivity index (χ0) is 15.0. The van der Waals surface area contributed by atoms with E-state index in [9.17, 15) is 4.79 Å². The zero-order valence-electron chi connectivity index (χ0n) is 11.5. The molecule has 0 radical (unpaired) electrons. The maximum Gasteiger partial charge on any atom is 0.264 e. The molecule has 0 unspecified atom stereocenters. The number of amides is 1. The number of thiocarbonyl (C=S) groups is 1. The van der Waals surface area contributed by atoms with Crippen LogP contribution in [0.5, 0.6) is 11.5 Å². The Labute approximate surface area is 122 Å². The third-order valence-corrected chi connectivity index (χ3v) is 2.45. The molecule has 0 aliphatic heterocycles. The Balaban J connectivity index is 2.59. The maximum absolute atomic E-state index is 11.2. The van der Waals surface area contributed by atoms with Crippen molar-refractivity contribution >= 4 is 28.9 Å². The van der Waals surface area contributed by atoms with E-state index in [1.54, 1.807) is 25.3 Å². The lowest BCUT2D eigenvalue weighted by atomic mass is 10.2. The Morgan fingerprint density at radius 2 is 1.95 bits per heavy atom. The van der Waals surface area contributed by atoms with Gasteiger partial charge in [0.1, 0.15) is 18.1 Å². The molecule has 1 aromatic rings. The highest BCUT2D eigenvalue weighted by molar-refractivity contribution is 7.80. The third-order valence-electron chi connectivity index (χ3n) is 2.25. The summed E-state index contributed by atoms with van der Waals surface area (Å²) < 4.78 is 15.0. The van der Waals surface area contributed by atoms with Crippen LogP contribution in [-0.4, -0.2) is 39.0 Å². The van der Waals surface area contributed by atoms with Crippen LogP contribution in [0.15, 0.2) is 18.2 Å². The van der Waals surface area contributed by atoms with Crippen LogP contribution in [0.25, 0.3) is 0 Å². The van der Waals surface area contributed by atoms with Crippen molar-refractivity contribution in [3.8, 4) is 11.5 Å². The fourth-order valence-corrected chi connectivity index (χ4v) is 1.51. The molecule has 0 spiro atoms. The van der Waals surface area contributed by atoms with E-state index in [1.807, 2.05) is 0 Å². The summed E-state index contributed by atoms with van der Waals surface area (Å²) in [5, 5.41) is 3.11. The van der Waals surface area contributed by atoms with Crippen molar-refractivity contribution in [1.82, 2.24) is 10.9 Å². The smallest absolute Gasteiger partial charge is 0.264 e. The predicted octanol–water partition coefficient (Wildman–Crippen LogP) is 0.668. The van der Waals surface area contributed by atoms with Gasteiger partial charge in [-0.15, -0.1) is 0 Å². The number of rotatable bonds is 5. The second kappa shape index (κ2) is 8.18. The van der Waals surface area contributed by atoms with Crippen LogP contribution < -0.4 is 25.6 Å². The summed E-state index contributed by atoms with van der Waals surface area (Å²) >= 11 is 5.04. The molecule has 0 fully saturated rings. The number of carbonyl (C=O) groups is 1. The Morgan fingerprint density at radius 1 is 1.20 bits per heavy atom. The van der Waals surface area contributed by atoms with Crippen LogP contribution in [0.3, 0.4) is 0 Å². The van der Waals surface area contributed by atoms with Crippen LogP contribution in [0, 0.1) is 0 Å². The first-order valence-corrected chi connectivity index (χ1v) is 6.08. The Morgan fingerprint density at radius 3 is 2.55 bits per heavy atom. The Bertz CT molecular complexity index is 482. The Hall–Kier alpha value is -2.06. The maximum atomic E-state index is 11.2. The molecular weight excluding hydrogens is 282 g/mol. The molecule has 0 bridgehead atoms. The molecule has 1 aromatic carbocycles. The quantitative estimate of drug-likeness (QED) is 0.544. The van der Waals surface area contributed by atoms with E-state index in [0.29, 0.717) is 17.2 Å². The van der Waals surface area contributed by atoms with Crippen molar-refractivity contribution in [3.63, 3.8) is 0 Å². The van der Waals surface area contributed by atoms with Gasteiger partial charge in [-0.25, -0.2) is 0 Å². The van der Waals surface area contributed by atoms with Crippen molar-refractivity contribution in [2.45, 2.75) is 0 Å². The summed E-state index contributed by atoms with van der Waals surface area (Å²) in [5.41, 5.74) is 5.58. The zero-order valence-corrected chi connectivity index (χ0v) is 12.3. The van der Waals surface area contributed by atoms with Gasteiger partial charge in [-0.3, -0.25) is 15.6 Å². The number of benzene rings is 1. The second-order valence-electron chi connectivity index (χ2n) is 3.63. The lowest BCUT2D eigenvalue weighted by Crippen LogP contribution is -2.45. The van der Waals surface area contributed by atoms with Crippen molar-refractivity contribution in [3.05, 3.63) is 18.2 Å². The van der Waals surface area contributed by atoms with Gasteiger partial charge >= 0.3 is 0 Å². The van der Waals surface area contributed by atoms with Crippen molar-refractivity contribution < 1.29 is 19.0 Å². The first-order chi connectivity index (χ1) is 9.60. The van der Waals surface area contributed by atoms with E-state index in [2.05, 4.69) is 20.9 Å².